The fourth-order valence-corrected chi connectivity index (χ4v) is 2.98. The van der Waals surface area contributed by atoms with E-state index in [2.05, 4.69) is 15.1 Å². The van der Waals surface area contributed by atoms with Crippen molar-refractivity contribution >= 4 is 23.7 Å². The van der Waals surface area contributed by atoms with Gasteiger partial charge in [-0.3, -0.25) is 0 Å². The van der Waals surface area contributed by atoms with Gasteiger partial charge in [-0.25, -0.2) is 4.98 Å². The summed E-state index contributed by atoms with van der Waals surface area (Å²) in [6.07, 6.45) is 6.20. The number of rotatable bonds is 3. The summed E-state index contributed by atoms with van der Waals surface area (Å²) < 4.78 is 10.3. The van der Waals surface area contributed by atoms with E-state index in [-0.39, 0.29) is 12.4 Å². The molecule has 3 aromatic rings. The highest BCUT2D eigenvalue weighted by Gasteiger charge is 2.39. The van der Waals surface area contributed by atoms with Gasteiger partial charge >= 0.3 is 0 Å². The number of hydrogen-bond acceptors (Lipinski definition) is 7. The van der Waals surface area contributed by atoms with Crippen LogP contribution in [0.5, 0.6) is 0 Å². The lowest BCUT2D eigenvalue weighted by atomic mass is 9.77. The van der Waals surface area contributed by atoms with Crippen LogP contribution in [-0.4, -0.2) is 15.1 Å². The largest absolute Gasteiger partial charge is 0.472 e. The maximum absolute atomic E-state index is 6.18. The second-order valence-corrected chi connectivity index (χ2v) is 5.84. The van der Waals surface area contributed by atoms with Crippen LogP contribution in [-0.2, 0) is 5.54 Å². The van der Waals surface area contributed by atoms with E-state index in [1.807, 2.05) is 11.4 Å². The van der Waals surface area contributed by atoms with Crippen molar-refractivity contribution in [2.75, 3.05) is 0 Å². The third kappa shape index (κ3) is 2.37. The third-order valence-corrected chi connectivity index (χ3v) is 4.50. The van der Waals surface area contributed by atoms with E-state index in [4.69, 9.17) is 14.7 Å². The van der Waals surface area contributed by atoms with E-state index in [1.165, 1.54) is 11.3 Å². The first-order chi connectivity index (χ1) is 9.74. The molecule has 1 aliphatic carbocycles. The van der Waals surface area contributed by atoms with Crippen LogP contribution in [0.15, 0.2) is 32.9 Å². The van der Waals surface area contributed by atoms with E-state index >= 15 is 0 Å². The quantitative estimate of drug-likeness (QED) is 0.795. The Kier molecular flexibility index (Phi) is 3.56. The van der Waals surface area contributed by atoms with E-state index < -0.39 is 5.54 Å². The molecule has 4 rings (SSSR count). The molecular weight excluding hydrogens is 312 g/mol. The summed E-state index contributed by atoms with van der Waals surface area (Å²) in [6, 6.07) is 1.87. The molecule has 0 unspecified atom stereocenters. The summed E-state index contributed by atoms with van der Waals surface area (Å²) in [5, 5.41) is 6.75. The Morgan fingerprint density at radius 3 is 2.81 bits per heavy atom. The van der Waals surface area contributed by atoms with Crippen LogP contribution >= 0.6 is 23.7 Å². The first kappa shape index (κ1) is 14.2. The zero-order valence-corrected chi connectivity index (χ0v) is 12.6. The van der Waals surface area contributed by atoms with Gasteiger partial charge in [0.15, 0.2) is 5.82 Å². The highest BCUT2D eigenvalue weighted by molar-refractivity contribution is 7.13. The van der Waals surface area contributed by atoms with Gasteiger partial charge in [-0.15, -0.1) is 23.7 Å². The Morgan fingerprint density at radius 2 is 2.14 bits per heavy atom. The third-order valence-electron chi connectivity index (χ3n) is 3.61. The zero-order valence-electron chi connectivity index (χ0n) is 11.0. The minimum atomic E-state index is -0.412. The minimum absolute atomic E-state index is 0. The van der Waals surface area contributed by atoms with Gasteiger partial charge in [0, 0.05) is 10.9 Å². The van der Waals surface area contributed by atoms with Crippen molar-refractivity contribution in [1.29, 1.82) is 0 Å². The average Bonchev–Trinajstić information content (AvgIpc) is 3.13. The molecule has 1 aliphatic rings. The number of nitrogens with zero attached hydrogens (tertiary/aromatic N) is 3. The van der Waals surface area contributed by atoms with Gasteiger partial charge < -0.3 is 14.7 Å². The second kappa shape index (κ2) is 5.25. The summed E-state index contributed by atoms with van der Waals surface area (Å²) in [5.41, 5.74) is 7.39. The molecule has 8 heteroatoms. The normalized spacial score (nSPS) is 16.2. The van der Waals surface area contributed by atoms with Crippen molar-refractivity contribution < 1.29 is 8.94 Å². The molecule has 2 N–H and O–H groups in total. The van der Waals surface area contributed by atoms with Gasteiger partial charge in [0.2, 0.25) is 0 Å². The molecule has 0 aromatic carbocycles. The Hall–Kier alpha value is -1.70. The van der Waals surface area contributed by atoms with Crippen molar-refractivity contribution in [3.63, 3.8) is 0 Å². The van der Waals surface area contributed by atoms with Crippen LogP contribution in [0.3, 0.4) is 0 Å². The first-order valence-corrected chi connectivity index (χ1v) is 7.24. The molecule has 0 atom stereocenters. The highest BCUT2D eigenvalue weighted by atomic mass is 35.5. The summed E-state index contributed by atoms with van der Waals surface area (Å²) in [7, 11) is 0. The minimum Gasteiger partial charge on any atom is -0.472 e. The molecule has 0 radical (unpaired) electrons. The maximum Gasteiger partial charge on any atom is 0.277 e. The molecule has 3 aromatic heterocycles. The number of furan rings is 1. The fourth-order valence-electron chi connectivity index (χ4n) is 2.20. The van der Waals surface area contributed by atoms with Gasteiger partial charge in [-0.05, 0) is 25.3 Å². The lowest BCUT2D eigenvalue weighted by Crippen LogP contribution is -2.44. The second-order valence-electron chi connectivity index (χ2n) is 4.98. The average molecular weight is 325 g/mol. The summed E-state index contributed by atoms with van der Waals surface area (Å²) in [5.74, 6) is 0.999. The predicted octanol–water partition coefficient (Wildman–Crippen LogP) is 3.21. The molecule has 0 amide bonds. The van der Waals surface area contributed by atoms with Crippen LogP contribution in [0.25, 0.3) is 22.2 Å². The fraction of sp³-hybridized carbons (Fsp3) is 0.308. The highest BCUT2D eigenvalue weighted by Crippen LogP contribution is 2.38. The molecule has 0 bridgehead atoms. The molecule has 0 aliphatic heterocycles. The van der Waals surface area contributed by atoms with Crippen molar-refractivity contribution in [2.24, 2.45) is 5.73 Å². The van der Waals surface area contributed by atoms with E-state index in [9.17, 15) is 0 Å². The molecule has 1 fully saturated rings. The summed E-state index contributed by atoms with van der Waals surface area (Å²) in [6.45, 7) is 0. The molecule has 0 spiro atoms. The zero-order chi connectivity index (χ0) is 13.6. The Morgan fingerprint density at radius 1 is 1.29 bits per heavy atom. The van der Waals surface area contributed by atoms with Crippen LogP contribution in [0.1, 0.15) is 25.1 Å². The SMILES string of the molecule is Cl.NC1(c2noc(-c3csc(-c4ccoc4)n3)n2)CCC1. The number of hydrogen-bond donors (Lipinski definition) is 1. The molecular formula is C13H13ClN4O2S. The Bertz CT molecular complexity index is 733. The van der Waals surface area contributed by atoms with Crippen LogP contribution < -0.4 is 5.73 Å². The molecule has 21 heavy (non-hydrogen) atoms. The van der Waals surface area contributed by atoms with Crippen molar-refractivity contribution in [3.8, 4) is 22.2 Å². The number of thiazole rings is 1. The lowest BCUT2D eigenvalue weighted by molar-refractivity contribution is 0.229. The Labute approximate surface area is 130 Å². The first-order valence-electron chi connectivity index (χ1n) is 6.36. The standard InChI is InChI=1S/C13H12N4O2S.ClH/c14-13(3-1-4-13)12-16-10(19-17-12)9-7-20-11(15-9)8-2-5-18-6-8;/h2,5-7H,1,3-4,14H2;1H. The monoisotopic (exact) mass is 324 g/mol. The topological polar surface area (TPSA) is 91.0 Å². The van der Waals surface area contributed by atoms with Crippen LogP contribution in [0, 0.1) is 0 Å². The van der Waals surface area contributed by atoms with Crippen molar-refractivity contribution in [3.05, 3.63) is 29.8 Å². The van der Waals surface area contributed by atoms with Crippen LogP contribution in [0.2, 0.25) is 0 Å². The molecule has 110 valence electrons. The van der Waals surface area contributed by atoms with Gasteiger partial charge in [0.1, 0.15) is 17.0 Å². The summed E-state index contributed by atoms with van der Waals surface area (Å²) in [4.78, 5) is 8.87. The molecule has 3 heterocycles. The van der Waals surface area contributed by atoms with Gasteiger partial charge in [0.05, 0.1) is 11.8 Å². The molecule has 6 nitrogen and oxygen atoms in total. The van der Waals surface area contributed by atoms with E-state index in [1.54, 1.807) is 12.5 Å². The number of aromatic nitrogens is 3. The molecule has 0 saturated heterocycles. The Balaban J connectivity index is 0.00000132. The number of nitrogens with two attached hydrogens (primary N) is 1. The molecule has 1 saturated carbocycles. The van der Waals surface area contributed by atoms with Crippen molar-refractivity contribution in [2.45, 2.75) is 24.8 Å². The summed E-state index contributed by atoms with van der Waals surface area (Å²) >= 11 is 1.51. The van der Waals surface area contributed by atoms with Gasteiger partial charge in [0.25, 0.3) is 5.89 Å². The van der Waals surface area contributed by atoms with Gasteiger partial charge in [-0.2, -0.15) is 4.98 Å². The van der Waals surface area contributed by atoms with Crippen LogP contribution in [0.4, 0.5) is 0 Å². The van der Waals surface area contributed by atoms with E-state index in [0.29, 0.717) is 17.4 Å². The smallest absolute Gasteiger partial charge is 0.277 e. The van der Waals surface area contributed by atoms with Crippen molar-refractivity contribution in [1.82, 2.24) is 15.1 Å². The van der Waals surface area contributed by atoms with E-state index in [0.717, 1.165) is 29.8 Å². The predicted molar refractivity (Wildman–Crippen MR) is 80.1 cm³/mol. The number of halogens is 1. The van der Waals surface area contributed by atoms with Gasteiger partial charge in [-0.1, -0.05) is 5.16 Å². The maximum atomic E-state index is 6.18. The lowest BCUT2D eigenvalue weighted by Gasteiger charge is -2.34.